The lowest BCUT2D eigenvalue weighted by molar-refractivity contribution is 0.0950. The molecular weight excluding hydrogens is 326 g/mol. The number of hydrogen-bond donors (Lipinski definition) is 2. The van der Waals surface area contributed by atoms with E-state index in [1.54, 1.807) is 10.9 Å². The second-order valence-corrected chi connectivity index (χ2v) is 6.26. The van der Waals surface area contributed by atoms with Crippen LogP contribution in [0.15, 0.2) is 54.9 Å². The van der Waals surface area contributed by atoms with Crippen LogP contribution in [-0.4, -0.2) is 25.7 Å². The SMILES string of the molecule is Cc1cc(CNC(=O)c2ccc(-c3nccc4[nH]ccc34)cc2)nn1C. The summed E-state index contributed by atoms with van der Waals surface area (Å²) in [6.45, 7) is 2.39. The average molecular weight is 345 g/mol. The number of aromatic amines is 1. The smallest absolute Gasteiger partial charge is 0.251 e. The molecule has 26 heavy (non-hydrogen) atoms. The average Bonchev–Trinajstić information content (AvgIpc) is 3.26. The van der Waals surface area contributed by atoms with E-state index in [1.165, 1.54) is 0 Å². The lowest BCUT2D eigenvalue weighted by Gasteiger charge is -2.06. The topological polar surface area (TPSA) is 75.6 Å². The number of aryl methyl sites for hydroxylation is 2. The van der Waals surface area contributed by atoms with Gasteiger partial charge in [-0.2, -0.15) is 5.10 Å². The van der Waals surface area contributed by atoms with E-state index in [0.29, 0.717) is 12.1 Å². The Balaban J connectivity index is 1.50. The predicted octanol–water partition coefficient (Wildman–Crippen LogP) is 3.20. The van der Waals surface area contributed by atoms with Crippen molar-refractivity contribution in [3.8, 4) is 11.3 Å². The summed E-state index contributed by atoms with van der Waals surface area (Å²) in [6, 6.07) is 13.4. The molecule has 0 radical (unpaired) electrons. The molecule has 1 aromatic carbocycles. The molecule has 0 aliphatic rings. The third-order valence-electron chi connectivity index (χ3n) is 4.49. The van der Waals surface area contributed by atoms with Crippen LogP contribution in [0.25, 0.3) is 22.2 Å². The molecule has 6 nitrogen and oxygen atoms in total. The first-order chi connectivity index (χ1) is 12.6. The molecule has 6 heteroatoms. The summed E-state index contributed by atoms with van der Waals surface area (Å²) in [5.74, 6) is -0.118. The van der Waals surface area contributed by atoms with Crippen molar-refractivity contribution in [2.45, 2.75) is 13.5 Å². The van der Waals surface area contributed by atoms with Gasteiger partial charge < -0.3 is 10.3 Å². The lowest BCUT2D eigenvalue weighted by Crippen LogP contribution is -2.23. The number of carbonyl (C=O) groups excluding carboxylic acids is 1. The van der Waals surface area contributed by atoms with Crippen LogP contribution in [0.2, 0.25) is 0 Å². The van der Waals surface area contributed by atoms with Crippen LogP contribution < -0.4 is 5.32 Å². The van der Waals surface area contributed by atoms with Crippen molar-refractivity contribution in [3.63, 3.8) is 0 Å². The number of carbonyl (C=O) groups is 1. The van der Waals surface area contributed by atoms with Crippen molar-refractivity contribution in [2.75, 3.05) is 0 Å². The number of pyridine rings is 1. The van der Waals surface area contributed by atoms with E-state index in [0.717, 1.165) is 33.5 Å². The molecule has 1 amide bonds. The first-order valence-corrected chi connectivity index (χ1v) is 8.42. The minimum atomic E-state index is -0.118. The molecule has 2 N–H and O–H groups in total. The molecule has 4 aromatic rings. The zero-order valence-electron chi connectivity index (χ0n) is 14.7. The molecule has 0 spiro atoms. The second-order valence-electron chi connectivity index (χ2n) is 6.26. The van der Waals surface area contributed by atoms with Gasteiger partial charge in [-0.1, -0.05) is 12.1 Å². The van der Waals surface area contributed by atoms with Crippen molar-refractivity contribution in [1.29, 1.82) is 0 Å². The van der Waals surface area contributed by atoms with Gasteiger partial charge in [-0.15, -0.1) is 0 Å². The molecule has 130 valence electrons. The molecule has 3 heterocycles. The molecule has 0 unspecified atom stereocenters. The van der Waals surface area contributed by atoms with Gasteiger partial charge in [0.15, 0.2) is 0 Å². The van der Waals surface area contributed by atoms with Crippen molar-refractivity contribution in [2.24, 2.45) is 7.05 Å². The number of nitrogens with one attached hydrogen (secondary N) is 2. The predicted molar refractivity (Wildman–Crippen MR) is 101 cm³/mol. The first kappa shape index (κ1) is 16.1. The number of H-pyrrole nitrogens is 1. The van der Waals surface area contributed by atoms with Gasteiger partial charge in [0.05, 0.1) is 17.9 Å². The summed E-state index contributed by atoms with van der Waals surface area (Å²) in [7, 11) is 1.89. The molecule has 0 atom stereocenters. The van der Waals surface area contributed by atoms with Crippen molar-refractivity contribution >= 4 is 16.8 Å². The van der Waals surface area contributed by atoms with Gasteiger partial charge in [-0.25, -0.2) is 0 Å². The van der Waals surface area contributed by atoms with Crippen LogP contribution in [0.5, 0.6) is 0 Å². The Bertz CT molecular complexity index is 1060. The molecule has 0 saturated heterocycles. The molecule has 4 rings (SSSR count). The van der Waals surface area contributed by atoms with Gasteiger partial charge in [-0.3, -0.25) is 14.5 Å². The van der Waals surface area contributed by atoms with Gasteiger partial charge in [-0.05, 0) is 37.3 Å². The number of benzene rings is 1. The molecule has 3 aromatic heterocycles. The Morgan fingerprint density at radius 1 is 1.19 bits per heavy atom. The van der Waals surface area contributed by atoms with E-state index in [-0.39, 0.29) is 5.91 Å². The minimum Gasteiger partial charge on any atom is -0.361 e. The summed E-state index contributed by atoms with van der Waals surface area (Å²) in [6.07, 6.45) is 3.68. The van der Waals surface area contributed by atoms with Crippen molar-refractivity contribution in [1.82, 2.24) is 25.1 Å². The number of amides is 1. The zero-order valence-corrected chi connectivity index (χ0v) is 14.7. The lowest BCUT2D eigenvalue weighted by atomic mass is 10.1. The Morgan fingerprint density at radius 2 is 2.00 bits per heavy atom. The number of fused-ring (bicyclic) bond motifs is 1. The van der Waals surface area contributed by atoms with Gasteiger partial charge >= 0.3 is 0 Å². The maximum atomic E-state index is 12.4. The van der Waals surface area contributed by atoms with Gasteiger partial charge in [0.25, 0.3) is 5.91 Å². The largest absolute Gasteiger partial charge is 0.361 e. The third-order valence-corrected chi connectivity index (χ3v) is 4.49. The Morgan fingerprint density at radius 3 is 2.73 bits per heavy atom. The quantitative estimate of drug-likeness (QED) is 0.596. The fourth-order valence-electron chi connectivity index (χ4n) is 2.99. The molecular formula is C20H19N5O. The van der Waals surface area contributed by atoms with Gasteiger partial charge in [0.1, 0.15) is 0 Å². The number of hydrogen-bond acceptors (Lipinski definition) is 3. The van der Waals surface area contributed by atoms with Crippen LogP contribution >= 0.6 is 0 Å². The Kier molecular flexibility index (Phi) is 4.01. The minimum absolute atomic E-state index is 0.118. The van der Waals surface area contributed by atoms with E-state index >= 15 is 0 Å². The molecule has 0 bridgehead atoms. The highest BCUT2D eigenvalue weighted by atomic mass is 16.1. The van der Waals surface area contributed by atoms with E-state index in [1.807, 2.05) is 62.6 Å². The molecule has 0 saturated carbocycles. The molecule has 0 aliphatic carbocycles. The van der Waals surface area contributed by atoms with Crippen molar-refractivity contribution < 1.29 is 4.79 Å². The zero-order chi connectivity index (χ0) is 18.1. The standard InChI is InChI=1S/C20H19N5O/c1-13-11-16(24-25(13)2)12-23-20(26)15-5-3-14(4-6-15)19-17-7-9-21-18(17)8-10-22-19/h3-11,21H,12H2,1-2H3,(H,23,26). The van der Waals surface area contributed by atoms with E-state index in [9.17, 15) is 4.79 Å². The van der Waals surface area contributed by atoms with E-state index in [2.05, 4.69) is 20.4 Å². The maximum absolute atomic E-state index is 12.4. The second kappa shape index (κ2) is 6.48. The van der Waals surface area contributed by atoms with E-state index in [4.69, 9.17) is 0 Å². The van der Waals surface area contributed by atoms with Gasteiger partial charge in [0.2, 0.25) is 0 Å². The first-order valence-electron chi connectivity index (χ1n) is 8.42. The van der Waals surface area contributed by atoms with Crippen LogP contribution in [-0.2, 0) is 13.6 Å². The normalized spacial score (nSPS) is 11.0. The third kappa shape index (κ3) is 2.97. The maximum Gasteiger partial charge on any atom is 0.251 e. The number of aromatic nitrogens is 4. The number of rotatable bonds is 4. The fraction of sp³-hybridized carbons (Fsp3) is 0.150. The van der Waals surface area contributed by atoms with Crippen LogP contribution in [0, 0.1) is 6.92 Å². The summed E-state index contributed by atoms with van der Waals surface area (Å²) in [5, 5.41) is 8.31. The number of nitrogens with zero attached hydrogens (tertiary/aromatic N) is 3. The van der Waals surface area contributed by atoms with E-state index < -0.39 is 0 Å². The summed E-state index contributed by atoms with van der Waals surface area (Å²) in [5.41, 5.74) is 5.44. The Labute approximate surface area is 150 Å². The monoisotopic (exact) mass is 345 g/mol. The highest BCUT2D eigenvalue weighted by Gasteiger charge is 2.10. The Hall–Kier alpha value is -3.41. The summed E-state index contributed by atoms with van der Waals surface area (Å²) in [4.78, 5) is 20.0. The summed E-state index contributed by atoms with van der Waals surface area (Å²) < 4.78 is 1.80. The van der Waals surface area contributed by atoms with Crippen LogP contribution in [0.3, 0.4) is 0 Å². The summed E-state index contributed by atoms with van der Waals surface area (Å²) >= 11 is 0. The van der Waals surface area contributed by atoms with Crippen LogP contribution in [0.1, 0.15) is 21.7 Å². The molecule has 0 fully saturated rings. The highest BCUT2D eigenvalue weighted by molar-refractivity contribution is 5.96. The highest BCUT2D eigenvalue weighted by Crippen LogP contribution is 2.25. The van der Waals surface area contributed by atoms with Crippen LogP contribution in [0.4, 0.5) is 0 Å². The van der Waals surface area contributed by atoms with Gasteiger partial charge in [0, 0.05) is 47.2 Å². The molecule has 0 aliphatic heterocycles. The van der Waals surface area contributed by atoms with Crippen molar-refractivity contribution in [3.05, 3.63) is 71.8 Å². The fourth-order valence-corrected chi connectivity index (χ4v) is 2.99.